The van der Waals surface area contributed by atoms with Gasteiger partial charge in [-0.3, -0.25) is 14.9 Å². The molecule has 5 nitrogen and oxygen atoms in total. The number of likely N-dealkylation sites (tertiary alicyclic amines) is 1. The van der Waals surface area contributed by atoms with Gasteiger partial charge in [0.25, 0.3) is 0 Å². The zero-order chi connectivity index (χ0) is 16.9. The topological polar surface area (TPSA) is 58.5 Å². The molecular formula is C19H25N3O2. The monoisotopic (exact) mass is 327 g/mol. The average molecular weight is 327 g/mol. The number of aromatic nitrogens is 2. The summed E-state index contributed by atoms with van der Waals surface area (Å²) in [6.07, 6.45) is 5.60. The van der Waals surface area contributed by atoms with Gasteiger partial charge in [-0.25, -0.2) is 0 Å². The van der Waals surface area contributed by atoms with Crippen molar-refractivity contribution >= 4 is 0 Å². The van der Waals surface area contributed by atoms with Gasteiger partial charge < -0.3 is 9.84 Å². The maximum atomic E-state index is 10.3. The van der Waals surface area contributed by atoms with Crippen LogP contribution in [-0.4, -0.2) is 52.3 Å². The van der Waals surface area contributed by atoms with E-state index in [4.69, 9.17) is 4.74 Å². The van der Waals surface area contributed by atoms with Crippen molar-refractivity contribution in [1.29, 1.82) is 0 Å². The molecule has 1 aromatic heterocycles. The molecule has 1 N–H and O–H groups in total. The number of benzene rings is 1. The molecule has 0 spiro atoms. The summed E-state index contributed by atoms with van der Waals surface area (Å²) in [6, 6.07) is 6.13. The van der Waals surface area contributed by atoms with E-state index in [0.29, 0.717) is 13.2 Å². The highest BCUT2D eigenvalue weighted by Crippen LogP contribution is 2.22. The predicted molar refractivity (Wildman–Crippen MR) is 93.1 cm³/mol. The van der Waals surface area contributed by atoms with Crippen molar-refractivity contribution in [2.45, 2.75) is 26.4 Å². The smallest absolute Gasteiger partial charge is 0.122 e. The molecule has 5 heteroatoms. The molecule has 2 heterocycles. The third kappa shape index (κ3) is 4.10. The molecule has 0 amide bonds. The third-order valence-electron chi connectivity index (χ3n) is 4.79. The van der Waals surface area contributed by atoms with Crippen LogP contribution in [0.5, 0.6) is 5.75 Å². The van der Waals surface area contributed by atoms with Gasteiger partial charge in [0.1, 0.15) is 12.4 Å². The molecule has 0 unspecified atom stereocenters. The molecule has 3 rings (SSSR count). The predicted octanol–water partition coefficient (Wildman–Crippen LogP) is 2.01. The Morgan fingerprint density at radius 2 is 2.12 bits per heavy atom. The number of β-amino-alcohol motifs (C(OH)–C–C–N with tert-alkyl or cyclic N) is 1. The number of aryl methyl sites for hydroxylation is 1. The molecule has 1 fully saturated rings. The van der Waals surface area contributed by atoms with Crippen LogP contribution in [0, 0.1) is 19.8 Å². The van der Waals surface area contributed by atoms with Crippen molar-refractivity contribution in [3.63, 3.8) is 0 Å². The second kappa shape index (κ2) is 7.73. The van der Waals surface area contributed by atoms with Crippen LogP contribution in [0.25, 0.3) is 0 Å². The molecule has 1 aliphatic heterocycles. The van der Waals surface area contributed by atoms with Crippen molar-refractivity contribution in [2.75, 3.05) is 26.2 Å². The molecule has 1 aliphatic rings. The van der Waals surface area contributed by atoms with Gasteiger partial charge in [-0.2, -0.15) is 0 Å². The zero-order valence-electron chi connectivity index (χ0n) is 14.4. The fourth-order valence-electron chi connectivity index (χ4n) is 3.19. The van der Waals surface area contributed by atoms with Gasteiger partial charge >= 0.3 is 0 Å². The average Bonchev–Trinajstić information content (AvgIpc) is 2.92. The normalized spacial score (nSPS) is 21.1. The van der Waals surface area contributed by atoms with E-state index in [9.17, 15) is 5.11 Å². The number of hydrogen-bond acceptors (Lipinski definition) is 5. The van der Waals surface area contributed by atoms with E-state index in [2.05, 4.69) is 34.8 Å². The van der Waals surface area contributed by atoms with Crippen LogP contribution in [0.3, 0.4) is 0 Å². The summed E-state index contributed by atoms with van der Waals surface area (Å²) >= 11 is 0. The molecule has 0 aliphatic carbocycles. The Labute approximate surface area is 143 Å². The number of nitrogens with zero attached hydrogens (tertiary/aromatic N) is 3. The zero-order valence-corrected chi connectivity index (χ0v) is 14.4. The van der Waals surface area contributed by atoms with Crippen molar-refractivity contribution in [1.82, 2.24) is 14.9 Å². The SMILES string of the molecule is Cc1cccc(OCCN2C[C@@H](Cc3cnccn3)[C@H](O)C2)c1C. The van der Waals surface area contributed by atoms with Gasteiger partial charge in [-0.05, 0) is 37.5 Å². The summed E-state index contributed by atoms with van der Waals surface area (Å²) < 4.78 is 5.92. The summed E-state index contributed by atoms with van der Waals surface area (Å²) in [5.41, 5.74) is 3.38. The van der Waals surface area contributed by atoms with Crippen LogP contribution >= 0.6 is 0 Å². The highest BCUT2D eigenvalue weighted by Gasteiger charge is 2.31. The largest absolute Gasteiger partial charge is 0.492 e. The molecule has 2 aromatic rings. The van der Waals surface area contributed by atoms with Gasteiger partial charge in [0.2, 0.25) is 0 Å². The molecule has 1 aromatic carbocycles. The van der Waals surface area contributed by atoms with Gasteiger partial charge in [-0.15, -0.1) is 0 Å². The lowest BCUT2D eigenvalue weighted by atomic mass is 10.0. The molecule has 2 atom stereocenters. The fraction of sp³-hybridized carbons (Fsp3) is 0.474. The Kier molecular flexibility index (Phi) is 5.43. The summed E-state index contributed by atoms with van der Waals surface area (Å²) in [7, 11) is 0. The maximum absolute atomic E-state index is 10.3. The van der Waals surface area contributed by atoms with Crippen molar-refractivity contribution in [2.24, 2.45) is 5.92 Å². The van der Waals surface area contributed by atoms with E-state index >= 15 is 0 Å². The lowest BCUT2D eigenvalue weighted by Gasteiger charge is -2.17. The lowest BCUT2D eigenvalue weighted by molar-refractivity contribution is 0.139. The van der Waals surface area contributed by atoms with E-state index in [1.165, 1.54) is 11.1 Å². The summed E-state index contributed by atoms with van der Waals surface area (Å²) in [5, 5.41) is 10.3. The minimum atomic E-state index is -0.312. The molecular weight excluding hydrogens is 302 g/mol. The van der Waals surface area contributed by atoms with Crippen molar-refractivity contribution in [3.05, 3.63) is 53.6 Å². The Hall–Kier alpha value is -1.98. The lowest BCUT2D eigenvalue weighted by Crippen LogP contribution is -2.27. The second-order valence-corrected chi connectivity index (χ2v) is 6.53. The van der Waals surface area contributed by atoms with Gasteiger partial charge in [0.05, 0.1) is 11.8 Å². The van der Waals surface area contributed by atoms with Crippen LogP contribution in [0.15, 0.2) is 36.8 Å². The van der Waals surface area contributed by atoms with Gasteiger partial charge in [-0.1, -0.05) is 12.1 Å². The molecule has 24 heavy (non-hydrogen) atoms. The maximum Gasteiger partial charge on any atom is 0.122 e. The first-order valence-corrected chi connectivity index (χ1v) is 8.48. The number of rotatable bonds is 6. The van der Waals surface area contributed by atoms with Crippen LogP contribution in [-0.2, 0) is 6.42 Å². The van der Waals surface area contributed by atoms with Crippen LogP contribution in [0.2, 0.25) is 0 Å². The van der Waals surface area contributed by atoms with Crippen LogP contribution in [0.4, 0.5) is 0 Å². The molecule has 0 saturated carbocycles. The molecule has 0 radical (unpaired) electrons. The van der Waals surface area contributed by atoms with E-state index in [1.54, 1.807) is 18.6 Å². The Morgan fingerprint density at radius 3 is 2.92 bits per heavy atom. The first kappa shape index (κ1) is 16.9. The van der Waals surface area contributed by atoms with E-state index in [0.717, 1.165) is 31.0 Å². The first-order valence-electron chi connectivity index (χ1n) is 8.48. The summed E-state index contributed by atoms with van der Waals surface area (Å²) in [5.74, 6) is 1.16. The summed E-state index contributed by atoms with van der Waals surface area (Å²) in [4.78, 5) is 10.7. The highest BCUT2D eigenvalue weighted by molar-refractivity contribution is 5.38. The van der Waals surface area contributed by atoms with Crippen LogP contribution in [0.1, 0.15) is 16.8 Å². The van der Waals surface area contributed by atoms with Gasteiger partial charge in [0.15, 0.2) is 0 Å². The third-order valence-corrected chi connectivity index (χ3v) is 4.79. The van der Waals surface area contributed by atoms with Gasteiger partial charge in [0, 0.05) is 44.1 Å². The van der Waals surface area contributed by atoms with Crippen LogP contribution < -0.4 is 4.74 Å². The molecule has 128 valence electrons. The Morgan fingerprint density at radius 1 is 1.25 bits per heavy atom. The van der Waals surface area contributed by atoms with Crippen molar-refractivity contribution in [3.8, 4) is 5.75 Å². The number of aliphatic hydroxyl groups is 1. The second-order valence-electron chi connectivity index (χ2n) is 6.53. The van der Waals surface area contributed by atoms with E-state index < -0.39 is 0 Å². The minimum Gasteiger partial charge on any atom is -0.492 e. The van der Waals surface area contributed by atoms with E-state index in [-0.39, 0.29) is 12.0 Å². The number of aliphatic hydroxyl groups excluding tert-OH is 1. The Bertz CT molecular complexity index is 663. The van der Waals surface area contributed by atoms with Crippen molar-refractivity contribution < 1.29 is 9.84 Å². The quantitative estimate of drug-likeness (QED) is 0.879. The number of ether oxygens (including phenoxy) is 1. The Balaban J connectivity index is 1.48. The highest BCUT2D eigenvalue weighted by atomic mass is 16.5. The standard InChI is InChI=1S/C19H25N3O2/c1-14-4-3-5-19(15(14)2)24-9-8-22-12-16(18(23)13-22)10-17-11-20-6-7-21-17/h3-7,11,16,18,23H,8-10,12-13H2,1-2H3/t16-,18-/m1/s1. The number of hydrogen-bond donors (Lipinski definition) is 1. The molecule has 1 saturated heterocycles. The molecule has 0 bridgehead atoms. The fourth-order valence-corrected chi connectivity index (χ4v) is 3.19. The first-order chi connectivity index (χ1) is 11.6. The van der Waals surface area contributed by atoms with E-state index in [1.807, 2.05) is 12.1 Å². The minimum absolute atomic E-state index is 0.211. The summed E-state index contributed by atoms with van der Waals surface area (Å²) in [6.45, 7) is 7.20.